The van der Waals surface area contributed by atoms with Gasteiger partial charge in [0.2, 0.25) is 5.89 Å². The largest absolute Gasteiger partial charge is 0.466 e. The van der Waals surface area contributed by atoms with E-state index in [1.54, 1.807) is 6.92 Å². The molecule has 0 unspecified atom stereocenters. The number of esters is 1. The molecule has 0 aliphatic carbocycles. The fourth-order valence-electron chi connectivity index (χ4n) is 1.42. The molecular formula is C13H23N3O3. The van der Waals surface area contributed by atoms with E-state index in [1.807, 2.05) is 20.8 Å². The first-order chi connectivity index (χ1) is 8.93. The van der Waals surface area contributed by atoms with E-state index in [4.69, 9.17) is 9.26 Å². The lowest BCUT2D eigenvalue weighted by molar-refractivity contribution is -0.143. The zero-order valence-corrected chi connectivity index (χ0v) is 12.2. The van der Waals surface area contributed by atoms with E-state index in [0.29, 0.717) is 37.8 Å². The molecule has 0 fully saturated rings. The average molecular weight is 269 g/mol. The molecule has 19 heavy (non-hydrogen) atoms. The molecule has 6 nitrogen and oxygen atoms in total. The minimum Gasteiger partial charge on any atom is -0.466 e. The van der Waals surface area contributed by atoms with Gasteiger partial charge in [0, 0.05) is 11.8 Å². The van der Waals surface area contributed by atoms with Gasteiger partial charge in [0.25, 0.3) is 0 Å². The molecule has 0 radical (unpaired) electrons. The Morgan fingerprint density at radius 3 is 2.74 bits per heavy atom. The number of carbonyl (C=O) groups excluding carboxylic acids is 1. The van der Waals surface area contributed by atoms with Gasteiger partial charge < -0.3 is 14.6 Å². The summed E-state index contributed by atoms with van der Waals surface area (Å²) in [6.45, 7) is 9.58. The minimum absolute atomic E-state index is 0.105. The number of aromatic nitrogens is 2. The van der Waals surface area contributed by atoms with Gasteiger partial charge in [-0.05, 0) is 19.9 Å². The molecule has 6 heteroatoms. The molecule has 0 saturated heterocycles. The fraction of sp³-hybridized carbons (Fsp3) is 0.769. The molecular weight excluding hydrogens is 246 g/mol. The lowest BCUT2D eigenvalue weighted by atomic mass is 9.96. The number of nitrogens with zero attached hydrogens (tertiary/aromatic N) is 2. The minimum atomic E-state index is -0.155. The van der Waals surface area contributed by atoms with Crippen LogP contribution in [0.4, 0.5) is 0 Å². The van der Waals surface area contributed by atoms with Crippen molar-refractivity contribution < 1.29 is 14.1 Å². The summed E-state index contributed by atoms with van der Waals surface area (Å²) >= 11 is 0. The molecule has 0 amide bonds. The lowest BCUT2D eigenvalue weighted by Gasteiger charge is -2.10. The van der Waals surface area contributed by atoms with Crippen molar-refractivity contribution in [2.75, 3.05) is 13.2 Å². The molecule has 0 bridgehead atoms. The van der Waals surface area contributed by atoms with E-state index in [9.17, 15) is 4.79 Å². The molecule has 0 aliphatic heterocycles. The van der Waals surface area contributed by atoms with Crippen molar-refractivity contribution in [2.45, 2.75) is 52.5 Å². The van der Waals surface area contributed by atoms with Crippen molar-refractivity contribution in [3.63, 3.8) is 0 Å². The molecule has 0 spiro atoms. The topological polar surface area (TPSA) is 77.2 Å². The Morgan fingerprint density at radius 1 is 1.42 bits per heavy atom. The Kier molecular flexibility index (Phi) is 5.95. The fourth-order valence-corrected chi connectivity index (χ4v) is 1.42. The first kappa shape index (κ1) is 15.6. The van der Waals surface area contributed by atoms with Crippen LogP contribution in [0.15, 0.2) is 4.52 Å². The number of carbonyl (C=O) groups is 1. The predicted octanol–water partition coefficient (Wildman–Crippen LogP) is 1.80. The lowest BCUT2D eigenvalue weighted by Crippen LogP contribution is -2.17. The van der Waals surface area contributed by atoms with Crippen LogP contribution in [0, 0.1) is 0 Å². The van der Waals surface area contributed by atoms with Gasteiger partial charge in [0.05, 0.1) is 13.2 Å². The Hall–Kier alpha value is -1.43. The van der Waals surface area contributed by atoms with Crippen molar-refractivity contribution in [3.05, 3.63) is 11.7 Å². The van der Waals surface area contributed by atoms with Gasteiger partial charge in [-0.15, -0.1) is 0 Å². The smallest absolute Gasteiger partial charge is 0.305 e. The van der Waals surface area contributed by atoms with Crippen molar-refractivity contribution in [3.8, 4) is 0 Å². The Labute approximate surface area is 113 Å². The maximum atomic E-state index is 11.1. The van der Waals surface area contributed by atoms with Gasteiger partial charge >= 0.3 is 5.97 Å². The van der Waals surface area contributed by atoms with E-state index >= 15 is 0 Å². The van der Waals surface area contributed by atoms with Gasteiger partial charge in [0.1, 0.15) is 0 Å². The zero-order chi connectivity index (χ0) is 14.3. The number of hydrogen-bond donors (Lipinski definition) is 1. The van der Waals surface area contributed by atoms with Crippen LogP contribution in [-0.4, -0.2) is 29.3 Å². The van der Waals surface area contributed by atoms with Crippen molar-refractivity contribution in [2.24, 2.45) is 0 Å². The van der Waals surface area contributed by atoms with E-state index in [2.05, 4.69) is 15.5 Å². The normalized spacial score (nSPS) is 11.6. The molecule has 1 rings (SSSR count). The summed E-state index contributed by atoms with van der Waals surface area (Å²) in [6, 6.07) is 0. The molecule has 0 aromatic carbocycles. The highest BCUT2D eigenvalue weighted by atomic mass is 16.5. The SMILES string of the molecule is CCOC(=O)CCCNCc1nc(C(C)(C)C)no1. The van der Waals surface area contributed by atoms with Gasteiger partial charge in [-0.1, -0.05) is 25.9 Å². The van der Waals surface area contributed by atoms with Crippen LogP contribution in [0.2, 0.25) is 0 Å². The standard InChI is InChI=1S/C13H23N3O3/c1-5-18-11(17)7-6-8-14-9-10-15-12(16-19-10)13(2,3)4/h14H,5-9H2,1-4H3. The van der Waals surface area contributed by atoms with E-state index in [0.717, 1.165) is 6.42 Å². The molecule has 1 aromatic heterocycles. The third kappa shape index (κ3) is 5.83. The highest BCUT2D eigenvalue weighted by molar-refractivity contribution is 5.69. The molecule has 108 valence electrons. The number of nitrogens with one attached hydrogen (secondary N) is 1. The summed E-state index contributed by atoms with van der Waals surface area (Å²) in [7, 11) is 0. The molecule has 1 aromatic rings. The third-order valence-electron chi connectivity index (χ3n) is 2.45. The van der Waals surface area contributed by atoms with E-state index in [1.165, 1.54) is 0 Å². The highest BCUT2D eigenvalue weighted by Gasteiger charge is 2.20. The number of ether oxygens (including phenoxy) is 1. The Balaban J connectivity index is 2.20. The quantitative estimate of drug-likeness (QED) is 0.601. The maximum Gasteiger partial charge on any atom is 0.305 e. The van der Waals surface area contributed by atoms with Gasteiger partial charge in [-0.25, -0.2) is 0 Å². The van der Waals surface area contributed by atoms with Crippen LogP contribution in [0.5, 0.6) is 0 Å². The summed E-state index contributed by atoms with van der Waals surface area (Å²) < 4.78 is 9.98. The van der Waals surface area contributed by atoms with Crippen LogP contribution in [0.25, 0.3) is 0 Å². The summed E-state index contributed by atoms with van der Waals surface area (Å²) in [5.41, 5.74) is -0.105. The average Bonchev–Trinajstić information content (AvgIpc) is 2.77. The van der Waals surface area contributed by atoms with Crippen LogP contribution in [-0.2, 0) is 21.5 Å². The maximum absolute atomic E-state index is 11.1. The van der Waals surface area contributed by atoms with Crippen LogP contribution in [0.1, 0.15) is 52.3 Å². The van der Waals surface area contributed by atoms with Crippen molar-refractivity contribution in [1.82, 2.24) is 15.5 Å². The Morgan fingerprint density at radius 2 is 2.16 bits per heavy atom. The summed E-state index contributed by atoms with van der Waals surface area (Å²) in [5.74, 6) is 1.12. The van der Waals surface area contributed by atoms with Gasteiger partial charge in [-0.3, -0.25) is 4.79 Å². The zero-order valence-electron chi connectivity index (χ0n) is 12.2. The van der Waals surface area contributed by atoms with Crippen LogP contribution in [0.3, 0.4) is 0 Å². The molecule has 1 N–H and O–H groups in total. The molecule has 0 atom stereocenters. The number of hydrogen-bond acceptors (Lipinski definition) is 6. The summed E-state index contributed by atoms with van der Waals surface area (Å²) in [6.07, 6.45) is 1.16. The second-order valence-electron chi connectivity index (χ2n) is 5.35. The highest BCUT2D eigenvalue weighted by Crippen LogP contribution is 2.18. The van der Waals surface area contributed by atoms with Crippen molar-refractivity contribution >= 4 is 5.97 Å². The summed E-state index contributed by atoms with van der Waals surface area (Å²) in [4.78, 5) is 15.4. The number of rotatable bonds is 7. The second kappa shape index (κ2) is 7.23. The van der Waals surface area contributed by atoms with E-state index < -0.39 is 0 Å². The predicted molar refractivity (Wildman–Crippen MR) is 70.6 cm³/mol. The van der Waals surface area contributed by atoms with Crippen molar-refractivity contribution in [1.29, 1.82) is 0 Å². The second-order valence-corrected chi connectivity index (χ2v) is 5.35. The molecule has 1 heterocycles. The van der Waals surface area contributed by atoms with Crippen LogP contribution < -0.4 is 5.32 Å². The summed E-state index contributed by atoms with van der Waals surface area (Å²) in [5, 5.41) is 7.10. The first-order valence-corrected chi connectivity index (χ1v) is 6.63. The third-order valence-corrected chi connectivity index (χ3v) is 2.45. The van der Waals surface area contributed by atoms with E-state index in [-0.39, 0.29) is 11.4 Å². The first-order valence-electron chi connectivity index (χ1n) is 6.63. The van der Waals surface area contributed by atoms with Gasteiger partial charge in [-0.2, -0.15) is 4.98 Å². The van der Waals surface area contributed by atoms with Crippen LogP contribution >= 0.6 is 0 Å². The Bertz CT molecular complexity index is 396. The monoisotopic (exact) mass is 269 g/mol. The van der Waals surface area contributed by atoms with Gasteiger partial charge in [0.15, 0.2) is 5.82 Å². The molecule has 0 saturated carbocycles. The molecule has 0 aliphatic rings.